The maximum Gasteiger partial charge on any atom is 0.164 e. The molecule has 0 saturated carbocycles. The minimum absolute atomic E-state index is 0.587. The predicted molar refractivity (Wildman–Crippen MR) is 216 cm³/mol. The molecule has 5 heteroatoms. The third-order valence-electron chi connectivity index (χ3n) is 10.4. The first-order valence-electron chi connectivity index (χ1n) is 17.8. The van der Waals surface area contributed by atoms with Crippen molar-refractivity contribution in [2.45, 2.75) is 6.92 Å². The van der Waals surface area contributed by atoms with Crippen molar-refractivity contribution >= 4 is 65.4 Å². The number of hydrogen-bond acceptors (Lipinski definition) is 5. The maximum absolute atomic E-state index is 6.47. The fourth-order valence-electron chi connectivity index (χ4n) is 7.83. The molecule has 0 fully saturated rings. The van der Waals surface area contributed by atoms with Gasteiger partial charge in [0, 0.05) is 38.2 Å². The summed E-state index contributed by atoms with van der Waals surface area (Å²) < 4.78 is 12.7. The number of aromatic nitrogens is 3. The van der Waals surface area contributed by atoms with Gasteiger partial charge in [-0.15, -0.1) is 0 Å². The first-order valence-corrected chi connectivity index (χ1v) is 17.8. The molecule has 0 N–H and O–H groups in total. The van der Waals surface area contributed by atoms with Gasteiger partial charge >= 0.3 is 0 Å². The second kappa shape index (κ2) is 11.5. The molecule has 5 nitrogen and oxygen atoms in total. The fourth-order valence-corrected chi connectivity index (χ4v) is 7.83. The van der Waals surface area contributed by atoms with Crippen LogP contribution >= 0.6 is 0 Å². The van der Waals surface area contributed by atoms with Crippen LogP contribution < -0.4 is 0 Å². The molecule has 3 heterocycles. The molecule has 53 heavy (non-hydrogen) atoms. The minimum Gasteiger partial charge on any atom is -0.456 e. The first kappa shape index (κ1) is 29.6. The second-order valence-corrected chi connectivity index (χ2v) is 13.7. The summed E-state index contributed by atoms with van der Waals surface area (Å²) in [5.74, 6) is 1.82. The Balaban J connectivity index is 1.14. The molecule has 3 aromatic heterocycles. The van der Waals surface area contributed by atoms with Gasteiger partial charge in [0.05, 0.1) is 0 Å². The highest BCUT2D eigenvalue weighted by Crippen LogP contribution is 2.40. The number of nitrogens with zero attached hydrogens (tertiary/aromatic N) is 3. The Labute approximate surface area is 303 Å². The standard InChI is InChI=1S/C48H29N3O2/c1-28-18-19-32-26-39(34-13-6-5-12-33(34)38(32)24-28)48-50-46(29-10-3-2-4-11-29)49-47(51-48)37-15-9-17-43-45(37)40-25-30(21-23-42(40)52-43)31-20-22-36-35-14-7-8-16-41(35)53-44(36)27-31/h2-27H,1H3. The highest BCUT2D eigenvalue weighted by molar-refractivity contribution is 6.15. The van der Waals surface area contributed by atoms with Gasteiger partial charge in [-0.05, 0) is 82.1 Å². The molecule has 248 valence electrons. The third kappa shape index (κ3) is 4.75. The van der Waals surface area contributed by atoms with Crippen molar-refractivity contribution in [2.24, 2.45) is 0 Å². The van der Waals surface area contributed by atoms with Crippen molar-refractivity contribution < 1.29 is 8.83 Å². The average Bonchev–Trinajstić information content (AvgIpc) is 3.78. The molecule has 0 spiro atoms. The maximum atomic E-state index is 6.47. The smallest absolute Gasteiger partial charge is 0.164 e. The number of hydrogen-bond donors (Lipinski definition) is 0. The fraction of sp³-hybridized carbons (Fsp3) is 0.0208. The van der Waals surface area contributed by atoms with E-state index in [-0.39, 0.29) is 0 Å². The van der Waals surface area contributed by atoms with E-state index < -0.39 is 0 Å². The molecule has 8 aromatic carbocycles. The predicted octanol–water partition coefficient (Wildman–Crippen LogP) is 13.0. The van der Waals surface area contributed by atoms with Crippen LogP contribution in [0, 0.1) is 6.92 Å². The van der Waals surface area contributed by atoms with Crippen molar-refractivity contribution in [1.82, 2.24) is 15.0 Å². The Morgan fingerprint density at radius 2 is 1.02 bits per heavy atom. The van der Waals surface area contributed by atoms with Crippen molar-refractivity contribution in [1.29, 1.82) is 0 Å². The average molecular weight is 680 g/mol. The third-order valence-corrected chi connectivity index (χ3v) is 10.4. The molecule has 0 bridgehead atoms. The van der Waals surface area contributed by atoms with Gasteiger partial charge < -0.3 is 8.83 Å². The van der Waals surface area contributed by atoms with Crippen LogP contribution in [0.15, 0.2) is 167 Å². The molecule has 0 aliphatic rings. The first-order chi connectivity index (χ1) is 26.1. The number of aryl methyl sites for hydroxylation is 1. The van der Waals surface area contributed by atoms with E-state index in [0.717, 1.165) is 82.5 Å². The number of para-hydroxylation sites is 1. The number of fused-ring (bicyclic) bond motifs is 9. The van der Waals surface area contributed by atoms with Crippen LogP contribution in [0.25, 0.3) is 111 Å². The Bertz CT molecular complexity index is 3250. The van der Waals surface area contributed by atoms with E-state index in [2.05, 4.69) is 104 Å². The molecule has 11 rings (SSSR count). The van der Waals surface area contributed by atoms with Gasteiger partial charge in [0.15, 0.2) is 17.5 Å². The number of rotatable bonds is 4. The summed E-state index contributed by atoms with van der Waals surface area (Å²) in [4.78, 5) is 15.6. The summed E-state index contributed by atoms with van der Waals surface area (Å²) in [5, 5.41) is 8.80. The molecule has 11 aromatic rings. The summed E-state index contributed by atoms with van der Waals surface area (Å²) in [6.45, 7) is 2.13. The zero-order valence-electron chi connectivity index (χ0n) is 28.7. The highest BCUT2D eigenvalue weighted by atomic mass is 16.3. The topological polar surface area (TPSA) is 65.0 Å². The molecule has 0 atom stereocenters. The molecular weight excluding hydrogens is 651 g/mol. The minimum atomic E-state index is 0.587. The van der Waals surface area contributed by atoms with Crippen molar-refractivity contribution in [3.63, 3.8) is 0 Å². The number of furan rings is 2. The van der Waals surface area contributed by atoms with E-state index in [9.17, 15) is 0 Å². The lowest BCUT2D eigenvalue weighted by atomic mass is 9.95. The van der Waals surface area contributed by atoms with E-state index in [4.69, 9.17) is 23.8 Å². The molecule has 0 unspecified atom stereocenters. The van der Waals surface area contributed by atoms with E-state index in [0.29, 0.717) is 17.5 Å². The molecule has 0 aliphatic carbocycles. The van der Waals surface area contributed by atoms with E-state index in [1.807, 2.05) is 60.7 Å². The van der Waals surface area contributed by atoms with E-state index in [1.54, 1.807) is 0 Å². The Hall–Kier alpha value is -7.11. The summed E-state index contributed by atoms with van der Waals surface area (Å²) in [7, 11) is 0. The lowest BCUT2D eigenvalue weighted by Crippen LogP contribution is -2.01. The molecule has 0 aliphatic heterocycles. The second-order valence-electron chi connectivity index (χ2n) is 13.7. The van der Waals surface area contributed by atoms with Crippen LogP contribution in [0.3, 0.4) is 0 Å². The van der Waals surface area contributed by atoms with E-state index >= 15 is 0 Å². The summed E-state index contributed by atoms with van der Waals surface area (Å²) in [5.41, 5.74) is 9.45. The Kier molecular flexibility index (Phi) is 6.40. The lowest BCUT2D eigenvalue weighted by Gasteiger charge is -2.13. The monoisotopic (exact) mass is 679 g/mol. The van der Waals surface area contributed by atoms with E-state index in [1.165, 1.54) is 16.3 Å². The molecular formula is C48H29N3O2. The normalized spacial score (nSPS) is 11.9. The Morgan fingerprint density at radius 3 is 1.91 bits per heavy atom. The summed E-state index contributed by atoms with van der Waals surface area (Å²) >= 11 is 0. The summed E-state index contributed by atoms with van der Waals surface area (Å²) in [6.07, 6.45) is 0. The van der Waals surface area contributed by atoms with Crippen LogP contribution in [0.4, 0.5) is 0 Å². The van der Waals surface area contributed by atoms with Crippen LogP contribution in [0.1, 0.15) is 5.56 Å². The largest absolute Gasteiger partial charge is 0.456 e. The van der Waals surface area contributed by atoms with Crippen LogP contribution in [0.2, 0.25) is 0 Å². The van der Waals surface area contributed by atoms with Crippen LogP contribution in [-0.2, 0) is 0 Å². The molecule has 0 amide bonds. The van der Waals surface area contributed by atoms with Gasteiger partial charge in [0.25, 0.3) is 0 Å². The van der Waals surface area contributed by atoms with Gasteiger partial charge in [0.1, 0.15) is 22.3 Å². The van der Waals surface area contributed by atoms with Crippen LogP contribution in [-0.4, -0.2) is 15.0 Å². The molecule has 0 saturated heterocycles. The zero-order valence-corrected chi connectivity index (χ0v) is 28.7. The van der Waals surface area contributed by atoms with Gasteiger partial charge in [-0.3, -0.25) is 0 Å². The zero-order chi connectivity index (χ0) is 35.0. The van der Waals surface area contributed by atoms with Crippen molar-refractivity contribution in [3.8, 4) is 45.3 Å². The SMILES string of the molecule is Cc1ccc2cc(-c3nc(-c4ccccc4)nc(-c4cccc5oc6ccc(-c7ccc8c(c7)oc7ccccc78)cc6c45)n3)c3ccccc3c2c1. The van der Waals surface area contributed by atoms with Crippen LogP contribution in [0.5, 0.6) is 0 Å². The van der Waals surface area contributed by atoms with Crippen molar-refractivity contribution in [3.05, 3.63) is 163 Å². The number of benzene rings is 8. The highest BCUT2D eigenvalue weighted by Gasteiger charge is 2.20. The lowest BCUT2D eigenvalue weighted by molar-refractivity contribution is 0.669. The van der Waals surface area contributed by atoms with Gasteiger partial charge in [-0.25, -0.2) is 15.0 Å². The Morgan fingerprint density at radius 1 is 0.358 bits per heavy atom. The van der Waals surface area contributed by atoms with Gasteiger partial charge in [-0.1, -0.05) is 121 Å². The van der Waals surface area contributed by atoms with Gasteiger partial charge in [-0.2, -0.15) is 0 Å². The molecule has 0 radical (unpaired) electrons. The van der Waals surface area contributed by atoms with Gasteiger partial charge in [0.2, 0.25) is 0 Å². The van der Waals surface area contributed by atoms with Crippen molar-refractivity contribution in [2.75, 3.05) is 0 Å². The quantitative estimate of drug-likeness (QED) is 0.173. The summed E-state index contributed by atoms with van der Waals surface area (Å²) in [6, 6.07) is 54.5.